The monoisotopic (exact) mass is 362 g/mol. The van der Waals surface area contributed by atoms with Gasteiger partial charge in [0.15, 0.2) is 0 Å². The van der Waals surface area contributed by atoms with E-state index in [0.29, 0.717) is 0 Å². The topological polar surface area (TPSA) is 15.3 Å². The van der Waals surface area contributed by atoms with Gasteiger partial charge in [0.05, 0.1) is 0 Å². The van der Waals surface area contributed by atoms with E-state index in [9.17, 15) is 0 Å². The second-order valence-electron chi connectivity index (χ2n) is 5.74. The van der Waals surface area contributed by atoms with Gasteiger partial charge in [-0.3, -0.25) is 4.90 Å². The summed E-state index contributed by atoms with van der Waals surface area (Å²) in [6.07, 6.45) is 5.46. The molecule has 0 atom stereocenters. The number of thiophene rings is 1. The molecule has 1 N–H and O–H groups in total. The Morgan fingerprint density at radius 1 is 1.32 bits per heavy atom. The number of rotatable bonds is 5. The van der Waals surface area contributed by atoms with Crippen molar-refractivity contribution in [1.29, 1.82) is 0 Å². The molecule has 0 amide bonds. The maximum Gasteiger partial charge on any atom is 0.107 e. The summed E-state index contributed by atoms with van der Waals surface area (Å²) in [6, 6.07) is 2.90. The molecule has 0 radical (unpaired) electrons. The molecule has 1 aromatic heterocycles. The smallest absolute Gasteiger partial charge is 0.107 e. The minimum absolute atomic E-state index is 0.746. The molecule has 1 aliphatic carbocycles. The van der Waals surface area contributed by atoms with Crippen LogP contribution in [0.5, 0.6) is 0 Å². The van der Waals surface area contributed by atoms with Gasteiger partial charge in [0.1, 0.15) is 4.34 Å². The predicted octanol–water partition coefficient (Wildman–Crippen LogP) is 4.13. The minimum Gasteiger partial charge on any atom is -0.314 e. The fraction of sp³-hybridized carbons (Fsp3) is 0.714. The number of nitrogens with one attached hydrogen (secondary N) is 1. The maximum absolute atomic E-state index is 6.09. The quantitative estimate of drug-likeness (QED) is 0.846. The molecule has 3 rings (SSSR count). The van der Waals surface area contributed by atoms with Crippen LogP contribution in [0.25, 0.3) is 0 Å². The third kappa shape index (κ3) is 4.18. The number of halogens is 2. The molecule has 1 aliphatic heterocycles. The van der Waals surface area contributed by atoms with Crippen molar-refractivity contribution in [2.75, 3.05) is 19.6 Å². The predicted molar refractivity (Wildman–Crippen MR) is 86.1 cm³/mol. The van der Waals surface area contributed by atoms with Crippen molar-refractivity contribution in [3.8, 4) is 0 Å². The van der Waals surface area contributed by atoms with Gasteiger partial charge in [0.25, 0.3) is 0 Å². The summed E-state index contributed by atoms with van der Waals surface area (Å²) in [7, 11) is 0. The van der Waals surface area contributed by atoms with Crippen LogP contribution in [0.4, 0.5) is 0 Å². The number of piperidine rings is 1. The van der Waals surface area contributed by atoms with Crippen LogP contribution >= 0.6 is 38.9 Å². The van der Waals surface area contributed by atoms with Crippen molar-refractivity contribution in [3.63, 3.8) is 0 Å². The van der Waals surface area contributed by atoms with Crippen LogP contribution in [0.2, 0.25) is 4.34 Å². The van der Waals surface area contributed by atoms with Gasteiger partial charge >= 0.3 is 0 Å². The highest BCUT2D eigenvalue weighted by Crippen LogP contribution is 2.33. The van der Waals surface area contributed by atoms with E-state index in [4.69, 9.17) is 11.6 Å². The fourth-order valence-electron chi connectivity index (χ4n) is 2.64. The summed E-state index contributed by atoms with van der Waals surface area (Å²) in [5, 5.41) is 3.73. The summed E-state index contributed by atoms with van der Waals surface area (Å²) in [5.74, 6) is 0.989. The molecule has 0 spiro atoms. The first-order valence-corrected chi connectivity index (χ1v) is 9.09. The normalized spacial score (nSPS) is 22.0. The molecule has 2 heterocycles. The molecule has 1 aromatic rings. The van der Waals surface area contributed by atoms with Gasteiger partial charge in [-0.2, -0.15) is 0 Å². The summed E-state index contributed by atoms with van der Waals surface area (Å²) in [5.41, 5.74) is 0. The Morgan fingerprint density at radius 2 is 2.05 bits per heavy atom. The number of hydrogen-bond acceptors (Lipinski definition) is 3. The van der Waals surface area contributed by atoms with Crippen LogP contribution < -0.4 is 5.32 Å². The molecular formula is C14H20BrClN2S. The third-order valence-electron chi connectivity index (χ3n) is 4.06. The second-order valence-corrected chi connectivity index (χ2v) is 8.33. The van der Waals surface area contributed by atoms with E-state index in [1.54, 1.807) is 11.3 Å². The van der Waals surface area contributed by atoms with Gasteiger partial charge in [-0.05, 0) is 73.2 Å². The molecular weight excluding hydrogens is 344 g/mol. The van der Waals surface area contributed by atoms with E-state index in [0.717, 1.165) is 27.3 Å². The van der Waals surface area contributed by atoms with Crippen molar-refractivity contribution >= 4 is 38.9 Å². The Morgan fingerprint density at radius 3 is 2.63 bits per heavy atom. The molecule has 0 aromatic carbocycles. The molecule has 0 bridgehead atoms. The Bertz CT molecular complexity index is 406. The summed E-state index contributed by atoms with van der Waals surface area (Å²) in [6.45, 7) is 4.70. The molecule has 0 unspecified atom stereocenters. The molecule has 2 aliphatic rings. The highest BCUT2D eigenvalue weighted by molar-refractivity contribution is 9.10. The Kier molecular flexibility index (Phi) is 4.86. The van der Waals surface area contributed by atoms with Gasteiger partial charge in [-0.15, -0.1) is 11.3 Å². The lowest BCUT2D eigenvalue weighted by molar-refractivity contribution is 0.191. The summed E-state index contributed by atoms with van der Waals surface area (Å²) >= 11 is 11.3. The van der Waals surface area contributed by atoms with E-state index < -0.39 is 0 Å². The first-order chi connectivity index (χ1) is 9.20. The SMILES string of the molecule is Clc1sc(CN2CCC(NCC3CC3)CC2)cc1Br. The highest BCUT2D eigenvalue weighted by atomic mass is 79.9. The molecule has 1 saturated heterocycles. The zero-order valence-electron chi connectivity index (χ0n) is 11.0. The third-order valence-corrected chi connectivity index (χ3v) is 6.51. The van der Waals surface area contributed by atoms with Crippen LogP contribution in [0.3, 0.4) is 0 Å². The van der Waals surface area contributed by atoms with Gasteiger partial charge in [-0.25, -0.2) is 0 Å². The lowest BCUT2D eigenvalue weighted by atomic mass is 10.0. The van der Waals surface area contributed by atoms with Crippen LogP contribution in [0.1, 0.15) is 30.6 Å². The number of hydrogen-bond donors (Lipinski definition) is 1. The Hall–Kier alpha value is 0.390. The first kappa shape index (κ1) is 14.3. The van der Waals surface area contributed by atoms with Gasteiger partial charge in [-0.1, -0.05) is 11.6 Å². The van der Waals surface area contributed by atoms with Crippen LogP contribution in [0, 0.1) is 5.92 Å². The van der Waals surface area contributed by atoms with Gasteiger partial charge in [0, 0.05) is 21.9 Å². The zero-order valence-corrected chi connectivity index (χ0v) is 14.2. The lowest BCUT2D eigenvalue weighted by Crippen LogP contribution is -2.42. The van der Waals surface area contributed by atoms with E-state index in [-0.39, 0.29) is 0 Å². The van der Waals surface area contributed by atoms with Crippen molar-refractivity contribution < 1.29 is 0 Å². The molecule has 19 heavy (non-hydrogen) atoms. The van der Waals surface area contributed by atoms with E-state index >= 15 is 0 Å². The largest absolute Gasteiger partial charge is 0.314 e. The molecule has 5 heteroatoms. The fourth-order valence-corrected chi connectivity index (χ4v) is 4.47. The number of nitrogens with zero attached hydrogens (tertiary/aromatic N) is 1. The maximum atomic E-state index is 6.09. The van der Waals surface area contributed by atoms with Crippen molar-refractivity contribution in [1.82, 2.24) is 10.2 Å². The van der Waals surface area contributed by atoms with Crippen molar-refractivity contribution in [2.24, 2.45) is 5.92 Å². The number of likely N-dealkylation sites (tertiary alicyclic amines) is 1. The highest BCUT2D eigenvalue weighted by Gasteiger charge is 2.24. The van der Waals surface area contributed by atoms with Crippen LogP contribution in [-0.4, -0.2) is 30.6 Å². The molecule has 1 saturated carbocycles. The van der Waals surface area contributed by atoms with Crippen molar-refractivity contribution in [3.05, 3.63) is 19.8 Å². The average Bonchev–Trinajstić information content (AvgIpc) is 3.16. The molecule has 2 nitrogen and oxygen atoms in total. The molecule has 106 valence electrons. The summed E-state index contributed by atoms with van der Waals surface area (Å²) in [4.78, 5) is 3.91. The van der Waals surface area contributed by atoms with Gasteiger partial charge < -0.3 is 5.32 Å². The van der Waals surface area contributed by atoms with Crippen molar-refractivity contribution in [2.45, 2.75) is 38.3 Å². The van der Waals surface area contributed by atoms with Crippen LogP contribution in [-0.2, 0) is 6.54 Å². The Labute approximate surface area is 132 Å². The summed E-state index contributed by atoms with van der Waals surface area (Å²) < 4.78 is 1.91. The van der Waals surface area contributed by atoms with Crippen LogP contribution in [0.15, 0.2) is 10.5 Å². The first-order valence-electron chi connectivity index (χ1n) is 7.10. The molecule has 2 fully saturated rings. The Balaban J connectivity index is 1.41. The zero-order chi connectivity index (χ0) is 13.2. The minimum atomic E-state index is 0.746. The average molecular weight is 364 g/mol. The second kappa shape index (κ2) is 6.44. The van der Waals surface area contributed by atoms with E-state index in [1.165, 1.54) is 50.2 Å². The van der Waals surface area contributed by atoms with E-state index in [2.05, 4.69) is 32.2 Å². The standard InChI is InChI=1S/C14H20BrClN2S/c15-13-7-12(19-14(13)16)9-18-5-3-11(4-6-18)17-8-10-1-2-10/h7,10-11,17H,1-6,8-9H2. The van der Waals surface area contributed by atoms with E-state index in [1.807, 2.05) is 0 Å². The van der Waals surface area contributed by atoms with Gasteiger partial charge in [0.2, 0.25) is 0 Å². The lowest BCUT2D eigenvalue weighted by Gasteiger charge is -2.32.